The second-order valence-electron chi connectivity index (χ2n) is 9.86. The van der Waals surface area contributed by atoms with Crippen LogP contribution in [0.3, 0.4) is 0 Å². The van der Waals surface area contributed by atoms with Crippen molar-refractivity contribution in [2.45, 2.75) is 58.5 Å². The Morgan fingerprint density at radius 1 is 0.719 bits per heavy atom. The van der Waals surface area contributed by atoms with E-state index in [1.165, 1.54) is 0 Å². The van der Waals surface area contributed by atoms with E-state index in [2.05, 4.69) is 41.4 Å². The summed E-state index contributed by atoms with van der Waals surface area (Å²) in [6.07, 6.45) is -3.79. The molecule has 32 heavy (non-hydrogen) atoms. The molecule has 3 rings (SSSR count). The van der Waals surface area contributed by atoms with Crippen molar-refractivity contribution in [3.8, 4) is 0 Å². The minimum absolute atomic E-state index is 0.00205. The molecule has 0 aliphatic rings. The zero-order valence-corrected chi connectivity index (χ0v) is 19.2. The summed E-state index contributed by atoms with van der Waals surface area (Å²) in [5.41, 5.74) is 2.32. The Bertz CT molecular complexity index is 1080. The Hall–Kier alpha value is -3.09. The summed E-state index contributed by atoms with van der Waals surface area (Å²) in [5.74, 6) is -0.219. The van der Waals surface area contributed by atoms with E-state index in [1.807, 2.05) is 63.2 Å². The molecule has 0 unspecified atom stereocenters. The molecular weight excluding hydrogens is 413 g/mol. The lowest BCUT2D eigenvalue weighted by molar-refractivity contribution is -0.137. The molecule has 0 fully saturated rings. The van der Waals surface area contributed by atoms with Crippen LogP contribution in [0.15, 0.2) is 54.7 Å². The zero-order valence-electron chi connectivity index (χ0n) is 19.2. The molecule has 4 nitrogen and oxygen atoms in total. The average molecular weight is 443 g/mol. The first-order valence-electron chi connectivity index (χ1n) is 10.4. The summed E-state index contributed by atoms with van der Waals surface area (Å²) in [7, 11) is 0. The van der Waals surface area contributed by atoms with Gasteiger partial charge in [0.2, 0.25) is 5.95 Å². The monoisotopic (exact) mass is 442 g/mol. The summed E-state index contributed by atoms with van der Waals surface area (Å²) in [6, 6.07) is 15.0. The summed E-state index contributed by atoms with van der Waals surface area (Å²) in [6.45, 7) is 12.5. The zero-order chi connectivity index (χ0) is 23.7. The van der Waals surface area contributed by atoms with Crippen molar-refractivity contribution in [3.63, 3.8) is 0 Å². The molecule has 0 aliphatic heterocycles. The van der Waals surface area contributed by atoms with Crippen molar-refractivity contribution in [3.05, 3.63) is 71.4 Å². The van der Waals surface area contributed by atoms with Gasteiger partial charge in [0.15, 0.2) is 0 Å². The Labute approximate surface area is 187 Å². The van der Waals surface area contributed by atoms with Crippen molar-refractivity contribution < 1.29 is 13.2 Å². The fourth-order valence-electron chi connectivity index (χ4n) is 3.13. The van der Waals surface area contributed by atoms with Gasteiger partial charge in [-0.3, -0.25) is 0 Å². The standard InChI is InChI=1S/C25H29F3N4/c1-23(2,3)16-10-12-18(13-11-16)31-22-29-15-20(25(26,27)28)21(32-22)30-19-9-7-8-17(14-19)24(4,5)6/h7-15H,1-6H3,(H2,29,30,31,32). The van der Waals surface area contributed by atoms with Crippen LogP contribution in [0, 0.1) is 0 Å². The van der Waals surface area contributed by atoms with Crippen molar-refractivity contribution in [1.29, 1.82) is 0 Å². The number of alkyl halides is 3. The van der Waals surface area contributed by atoms with Gasteiger partial charge >= 0.3 is 6.18 Å². The number of hydrogen-bond donors (Lipinski definition) is 2. The normalized spacial score (nSPS) is 12.5. The van der Waals surface area contributed by atoms with Gasteiger partial charge in [0.25, 0.3) is 0 Å². The average Bonchev–Trinajstić information content (AvgIpc) is 2.66. The molecule has 0 amide bonds. The lowest BCUT2D eigenvalue weighted by Crippen LogP contribution is -2.14. The molecule has 0 atom stereocenters. The van der Waals surface area contributed by atoms with Gasteiger partial charge in [0.05, 0.1) is 0 Å². The predicted octanol–water partition coefficient (Wildman–Crippen LogP) is 7.58. The summed E-state index contributed by atoms with van der Waals surface area (Å²) in [5, 5.41) is 5.83. The van der Waals surface area contributed by atoms with Crippen LogP contribution in [0.5, 0.6) is 0 Å². The molecule has 1 aromatic heterocycles. The van der Waals surface area contributed by atoms with Gasteiger partial charge in [-0.2, -0.15) is 18.2 Å². The van der Waals surface area contributed by atoms with Crippen LogP contribution >= 0.6 is 0 Å². The van der Waals surface area contributed by atoms with Crippen LogP contribution in [0.25, 0.3) is 0 Å². The van der Waals surface area contributed by atoms with Crippen LogP contribution in [-0.4, -0.2) is 9.97 Å². The number of benzene rings is 2. The van der Waals surface area contributed by atoms with E-state index in [9.17, 15) is 13.2 Å². The van der Waals surface area contributed by atoms with Gasteiger partial charge in [0, 0.05) is 17.6 Å². The number of anilines is 4. The molecule has 2 aromatic carbocycles. The van der Waals surface area contributed by atoms with Crippen molar-refractivity contribution >= 4 is 23.1 Å². The molecule has 3 aromatic rings. The molecule has 1 heterocycles. The molecule has 2 N–H and O–H groups in total. The minimum atomic E-state index is -4.59. The highest BCUT2D eigenvalue weighted by Gasteiger charge is 2.35. The first-order chi connectivity index (χ1) is 14.7. The highest BCUT2D eigenvalue weighted by molar-refractivity contribution is 5.63. The van der Waals surface area contributed by atoms with E-state index in [4.69, 9.17) is 0 Å². The summed E-state index contributed by atoms with van der Waals surface area (Å²) in [4.78, 5) is 8.03. The maximum absolute atomic E-state index is 13.6. The first-order valence-corrected chi connectivity index (χ1v) is 10.4. The molecule has 0 aliphatic carbocycles. The van der Waals surface area contributed by atoms with Crippen LogP contribution in [0.1, 0.15) is 58.2 Å². The minimum Gasteiger partial charge on any atom is -0.340 e. The second-order valence-corrected chi connectivity index (χ2v) is 9.86. The van der Waals surface area contributed by atoms with Crippen LogP contribution in [-0.2, 0) is 17.0 Å². The van der Waals surface area contributed by atoms with E-state index >= 15 is 0 Å². The molecule has 0 saturated carbocycles. The second kappa shape index (κ2) is 8.45. The SMILES string of the molecule is CC(C)(C)c1ccc(Nc2ncc(C(F)(F)F)c(Nc3cccc(C(C)(C)C)c3)n2)cc1. The third-order valence-electron chi connectivity index (χ3n) is 5.09. The lowest BCUT2D eigenvalue weighted by atomic mass is 9.87. The maximum Gasteiger partial charge on any atom is 0.421 e. The van der Waals surface area contributed by atoms with Gasteiger partial charge in [0.1, 0.15) is 11.4 Å². The van der Waals surface area contributed by atoms with Gasteiger partial charge in [-0.05, 0) is 46.2 Å². The quantitative estimate of drug-likeness (QED) is 0.437. The van der Waals surface area contributed by atoms with E-state index in [1.54, 1.807) is 6.07 Å². The smallest absolute Gasteiger partial charge is 0.340 e. The molecule has 0 saturated heterocycles. The molecule has 0 spiro atoms. The van der Waals surface area contributed by atoms with Gasteiger partial charge in [-0.1, -0.05) is 65.8 Å². The first kappa shape index (κ1) is 23.6. The third-order valence-corrected chi connectivity index (χ3v) is 5.09. The molecular formula is C25H29F3N4. The van der Waals surface area contributed by atoms with Gasteiger partial charge < -0.3 is 10.6 Å². The molecule has 0 bridgehead atoms. The largest absolute Gasteiger partial charge is 0.421 e. The highest BCUT2D eigenvalue weighted by Crippen LogP contribution is 2.36. The Balaban J connectivity index is 1.92. The number of nitrogens with one attached hydrogen (secondary N) is 2. The Morgan fingerprint density at radius 3 is 1.91 bits per heavy atom. The number of hydrogen-bond acceptors (Lipinski definition) is 4. The maximum atomic E-state index is 13.6. The third kappa shape index (κ3) is 5.78. The van der Waals surface area contributed by atoms with E-state index in [0.29, 0.717) is 11.4 Å². The van der Waals surface area contributed by atoms with E-state index in [0.717, 1.165) is 17.3 Å². The number of nitrogens with zero attached hydrogens (tertiary/aromatic N) is 2. The summed E-state index contributed by atoms with van der Waals surface area (Å²) < 4.78 is 40.8. The number of aromatic nitrogens is 2. The lowest BCUT2D eigenvalue weighted by Gasteiger charge is -2.21. The van der Waals surface area contributed by atoms with Crippen molar-refractivity contribution in [1.82, 2.24) is 9.97 Å². The summed E-state index contributed by atoms with van der Waals surface area (Å²) >= 11 is 0. The van der Waals surface area contributed by atoms with Gasteiger partial charge in [-0.15, -0.1) is 0 Å². The predicted molar refractivity (Wildman–Crippen MR) is 124 cm³/mol. The van der Waals surface area contributed by atoms with Crippen LogP contribution < -0.4 is 10.6 Å². The molecule has 7 heteroatoms. The highest BCUT2D eigenvalue weighted by atomic mass is 19.4. The Kier molecular flexibility index (Phi) is 6.22. The fourth-order valence-corrected chi connectivity index (χ4v) is 3.13. The topological polar surface area (TPSA) is 49.8 Å². The number of halogens is 3. The molecule has 0 radical (unpaired) electrons. The molecule has 170 valence electrons. The van der Waals surface area contributed by atoms with E-state index < -0.39 is 11.7 Å². The van der Waals surface area contributed by atoms with Crippen molar-refractivity contribution in [2.24, 2.45) is 0 Å². The van der Waals surface area contributed by atoms with E-state index in [-0.39, 0.29) is 22.6 Å². The van der Waals surface area contributed by atoms with Gasteiger partial charge in [-0.25, -0.2) is 4.98 Å². The Morgan fingerprint density at radius 2 is 1.34 bits per heavy atom. The van der Waals surface area contributed by atoms with Crippen LogP contribution in [0.4, 0.5) is 36.3 Å². The number of rotatable bonds is 4. The van der Waals surface area contributed by atoms with Crippen molar-refractivity contribution in [2.75, 3.05) is 10.6 Å². The fraction of sp³-hybridized carbons (Fsp3) is 0.360. The van der Waals surface area contributed by atoms with Crippen LogP contribution in [0.2, 0.25) is 0 Å².